The van der Waals surface area contributed by atoms with E-state index in [9.17, 15) is 32.3 Å². The van der Waals surface area contributed by atoms with Gasteiger partial charge >= 0.3 is 6.18 Å². The number of amides is 2. The standard InChI is InChI=1S/C31H31F3N8O4/c1-35-29(46)20-8-4-5-9-22(20)41-27-21(31(32,33)34)16-38-30(42-27)40-19-12-10-18(11-13-19)39-24-23(25(43)26(24)44)36-14-15-37-28(45)17-6-2-3-7-17/h4-5,8-13,16-17,36,39H,2-3,6-7,14-15H2,1H3,(H,35,46)(H,37,45)(H2,38,40,41,42). The van der Waals surface area contributed by atoms with Crippen LogP contribution in [0.25, 0.3) is 0 Å². The first-order chi connectivity index (χ1) is 22.0. The van der Waals surface area contributed by atoms with Gasteiger partial charge in [-0.15, -0.1) is 0 Å². The van der Waals surface area contributed by atoms with Gasteiger partial charge in [0, 0.05) is 43.6 Å². The number of nitrogens with zero attached hydrogens (tertiary/aromatic N) is 2. The molecule has 1 aliphatic carbocycles. The maximum atomic E-state index is 13.8. The van der Waals surface area contributed by atoms with Gasteiger partial charge in [0.2, 0.25) is 11.9 Å². The van der Waals surface area contributed by atoms with Crippen molar-refractivity contribution in [2.75, 3.05) is 41.4 Å². The third-order valence-electron chi connectivity index (χ3n) is 7.52. The van der Waals surface area contributed by atoms with E-state index in [1.54, 1.807) is 36.4 Å². The molecule has 0 spiro atoms. The second kappa shape index (κ2) is 13.7. The van der Waals surface area contributed by atoms with Gasteiger partial charge in [-0.25, -0.2) is 4.98 Å². The molecule has 46 heavy (non-hydrogen) atoms. The molecule has 2 amide bonds. The molecule has 1 saturated carbocycles. The SMILES string of the molecule is CNC(=O)c1ccccc1Nc1nc(Nc2ccc(Nc3c(NCCNC(=O)C4CCCC4)c(=O)c3=O)cc2)ncc1C(F)(F)F. The molecular weight excluding hydrogens is 605 g/mol. The summed E-state index contributed by atoms with van der Waals surface area (Å²) < 4.78 is 41.3. The van der Waals surface area contributed by atoms with Crippen molar-refractivity contribution in [2.24, 2.45) is 5.92 Å². The van der Waals surface area contributed by atoms with Gasteiger partial charge in [-0.05, 0) is 49.2 Å². The molecule has 15 heteroatoms. The minimum Gasteiger partial charge on any atom is -0.378 e. The number of nitrogens with one attached hydrogen (secondary N) is 6. The molecule has 0 saturated heterocycles. The largest absolute Gasteiger partial charge is 0.421 e. The van der Waals surface area contributed by atoms with Crippen LogP contribution < -0.4 is 42.8 Å². The normalized spacial score (nSPS) is 13.3. The molecule has 0 atom stereocenters. The highest BCUT2D eigenvalue weighted by Crippen LogP contribution is 2.36. The van der Waals surface area contributed by atoms with Crippen molar-refractivity contribution in [3.63, 3.8) is 0 Å². The molecule has 4 aromatic rings. The summed E-state index contributed by atoms with van der Waals surface area (Å²) in [5, 5.41) is 16.5. The summed E-state index contributed by atoms with van der Waals surface area (Å²) in [5.74, 6) is -1.17. The molecule has 0 aliphatic heterocycles. The molecule has 240 valence electrons. The minimum atomic E-state index is -4.78. The molecule has 1 heterocycles. The molecule has 0 radical (unpaired) electrons. The van der Waals surface area contributed by atoms with Gasteiger partial charge < -0.3 is 31.9 Å². The third kappa shape index (κ3) is 7.25. The second-order valence-corrected chi connectivity index (χ2v) is 10.6. The van der Waals surface area contributed by atoms with E-state index in [0.717, 1.165) is 25.7 Å². The quantitative estimate of drug-likeness (QED) is 0.0970. The fraction of sp³-hybridized carbons (Fsp3) is 0.290. The van der Waals surface area contributed by atoms with Crippen molar-refractivity contribution >= 4 is 52.0 Å². The molecule has 12 nitrogen and oxygen atoms in total. The Balaban J connectivity index is 1.24. The Hall–Kier alpha value is -5.47. The van der Waals surface area contributed by atoms with E-state index in [0.29, 0.717) is 24.1 Å². The predicted octanol–water partition coefficient (Wildman–Crippen LogP) is 4.40. The van der Waals surface area contributed by atoms with Crippen LogP contribution >= 0.6 is 0 Å². The number of halogens is 3. The number of rotatable bonds is 12. The lowest BCUT2D eigenvalue weighted by Gasteiger charge is -2.17. The molecule has 3 aromatic carbocycles. The maximum absolute atomic E-state index is 13.8. The summed E-state index contributed by atoms with van der Waals surface area (Å²) in [4.78, 5) is 56.6. The Kier molecular flexibility index (Phi) is 9.49. The predicted molar refractivity (Wildman–Crippen MR) is 168 cm³/mol. The lowest BCUT2D eigenvalue weighted by molar-refractivity contribution is -0.137. The van der Waals surface area contributed by atoms with Crippen LogP contribution in [0.2, 0.25) is 0 Å². The lowest BCUT2D eigenvalue weighted by Crippen LogP contribution is -2.39. The average Bonchev–Trinajstić information content (AvgIpc) is 3.59. The van der Waals surface area contributed by atoms with Gasteiger partial charge in [0.25, 0.3) is 16.8 Å². The van der Waals surface area contributed by atoms with Crippen molar-refractivity contribution in [1.29, 1.82) is 0 Å². The zero-order valence-electron chi connectivity index (χ0n) is 24.7. The number of carbonyl (C=O) groups excluding carboxylic acids is 2. The average molecular weight is 637 g/mol. The van der Waals surface area contributed by atoms with E-state index in [2.05, 4.69) is 41.9 Å². The summed E-state index contributed by atoms with van der Waals surface area (Å²) in [5.41, 5.74) is -1.13. The van der Waals surface area contributed by atoms with E-state index in [4.69, 9.17) is 0 Å². The summed E-state index contributed by atoms with van der Waals surface area (Å²) in [6, 6.07) is 12.4. The van der Waals surface area contributed by atoms with Gasteiger partial charge in [-0.2, -0.15) is 18.2 Å². The highest BCUT2D eigenvalue weighted by atomic mass is 19.4. The van der Waals surface area contributed by atoms with Crippen molar-refractivity contribution in [3.05, 3.63) is 86.3 Å². The van der Waals surface area contributed by atoms with Gasteiger partial charge in [-0.3, -0.25) is 19.2 Å². The number of para-hydroxylation sites is 1. The van der Waals surface area contributed by atoms with Crippen LogP contribution in [0.1, 0.15) is 41.6 Å². The molecule has 6 N–H and O–H groups in total. The topological polar surface area (TPSA) is 166 Å². The third-order valence-corrected chi connectivity index (χ3v) is 7.52. The molecule has 1 fully saturated rings. The smallest absolute Gasteiger partial charge is 0.378 e. The van der Waals surface area contributed by atoms with E-state index < -0.39 is 34.3 Å². The number of alkyl halides is 3. The van der Waals surface area contributed by atoms with Crippen molar-refractivity contribution < 1.29 is 22.8 Å². The number of hydrogen-bond donors (Lipinski definition) is 6. The number of benzene rings is 2. The van der Waals surface area contributed by atoms with Gasteiger partial charge in [0.15, 0.2) is 0 Å². The monoisotopic (exact) mass is 636 g/mol. The van der Waals surface area contributed by atoms with E-state index in [1.807, 2.05) is 0 Å². The molecule has 0 bridgehead atoms. The van der Waals surface area contributed by atoms with Gasteiger partial charge in [-0.1, -0.05) is 25.0 Å². The summed E-state index contributed by atoms with van der Waals surface area (Å²) in [6.07, 6.45) is -0.289. The summed E-state index contributed by atoms with van der Waals surface area (Å²) in [7, 11) is 1.41. The maximum Gasteiger partial charge on any atom is 0.421 e. The first-order valence-electron chi connectivity index (χ1n) is 14.6. The van der Waals surface area contributed by atoms with Crippen LogP contribution in [0.5, 0.6) is 0 Å². The minimum absolute atomic E-state index is 0.00290. The zero-order chi connectivity index (χ0) is 32.8. The van der Waals surface area contributed by atoms with Crippen molar-refractivity contribution in [1.82, 2.24) is 20.6 Å². The van der Waals surface area contributed by atoms with E-state index in [1.165, 1.54) is 19.2 Å². The highest BCUT2D eigenvalue weighted by Gasteiger charge is 2.35. The Morgan fingerprint density at radius 2 is 1.52 bits per heavy atom. The fourth-order valence-electron chi connectivity index (χ4n) is 5.09. The van der Waals surface area contributed by atoms with Crippen LogP contribution in [-0.4, -0.2) is 41.9 Å². The molecular formula is C31H31F3N8O4. The number of hydrogen-bond acceptors (Lipinski definition) is 10. The van der Waals surface area contributed by atoms with E-state index >= 15 is 0 Å². The Morgan fingerprint density at radius 1 is 0.870 bits per heavy atom. The van der Waals surface area contributed by atoms with Crippen LogP contribution in [0, 0.1) is 5.92 Å². The lowest BCUT2D eigenvalue weighted by atomic mass is 10.1. The van der Waals surface area contributed by atoms with Crippen LogP contribution in [-0.2, 0) is 11.0 Å². The molecule has 1 aliphatic rings. The van der Waals surface area contributed by atoms with Crippen molar-refractivity contribution in [2.45, 2.75) is 31.9 Å². The van der Waals surface area contributed by atoms with Gasteiger partial charge in [0.05, 0.1) is 11.3 Å². The number of anilines is 7. The van der Waals surface area contributed by atoms with Crippen LogP contribution in [0.15, 0.2) is 64.3 Å². The summed E-state index contributed by atoms with van der Waals surface area (Å²) in [6.45, 7) is 0.569. The van der Waals surface area contributed by atoms with Gasteiger partial charge in [0.1, 0.15) is 22.8 Å². The second-order valence-electron chi connectivity index (χ2n) is 10.6. The molecule has 0 unspecified atom stereocenters. The first kappa shape index (κ1) is 31.9. The first-order valence-corrected chi connectivity index (χ1v) is 14.6. The zero-order valence-corrected chi connectivity index (χ0v) is 24.7. The Morgan fingerprint density at radius 3 is 2.20 bits per heavy atom. The number of carbonyl (C=O) groups is 2. The van der Waals surface area contributed by atoms with Crippen molar-refractivity contribution in [3.8, 4) is 0 Å². The Bertz CT molecular complexity index is 1800. The number of aromatic nitrogens is 2. The molecule has 5 rings (SSSR count). The fourth-order valence-corrected chi connectivity index (χ4v) is 5.09. The summed E-state index contributed by atoms with van der Waals surface area (Å²) >= 11 is 0. The highest BCUT2D eigenvalue weighted by molar-refractivity contribution is 6.00. The van der Waals surface area contributed by atoms with Crippen LogP contribution in [0.3, 0.4) is 0 Å². The van der Waals surface area contributed by atoms with E-state index in [-0.39, 0.29) is 46.9 Å². The molecule has 1 aromatic heterocycles. The van der Waals surface area contributed by atoms with Crippen LogP contribution in [0.4, 0.5) is 53.4 Å². The Labute approximate surface area is 260 Å².